The van der Waals surface area contributed by atoms with Crippen LogP contribution in [0.2, 0.25) is 10.0 Å². The Balaban J connectivity index is 1.94. The molecule has 0 saturated heterocycles. The van der Waals surface area contributed by atoms with Crippen molar-refractivity contribution in [1.29, 1.82) is 0 Å². The van der Waals surface area contributed by atoms with Crippen LogP contribution in [0.3, 0.4) is 0 Å². The van der Waals surface area contributed by atoms with E-state index in [0.717, 1.165) is 16.8 Å². The minimum absolute atomic E-state index is 0.551. The molecule has 0 fully saturated rings. The maximum atomic E-state index is 5.97. The average molecular weight is 325 g/mol. The van der Waals surface area contributed by atoms with E-state index in [1.165, 1.54) is 0 Å². The van der Waals surface area contributed by atoms with Gasteiger partial charge >= 0.3 is 0 Å². The lowest BCUT2D eigenvalue weighted by Gasteiger charge is -2.13. The van der Waals surface area contributed by atoms with Crippen LogP contribution in [0.15, 0.2) is 42.5 Å². The van der Waals surface area contributed by atoms with Gasteiger partial charge in [-0.05, 0) is 54.5 Å². The summed E-state index contributed by atoms with van der Waals surface area (Å²) < 4.78 is 0. The van der Waals surface area contributed by atoms with Crippen molar-refractivity contribution in [2.75, 3.05) is 5.32 Å². The Bertz CT molecular complexity index is 629. The van der Waals surface area contributed by atoms with Gasteiger partial charge in [0.05, 0.1) is 0 Å². The Kier molecular flexibility index (Phi) is 5.24. The Morgan fingerprint density at radius 1 is 1.10 bits per heavy atom. The predicted octanol–water partition coefficient (Wildman–Crippen LogP) is 4.79. The molecule has 2 nitrogen and oxygen atoms in total. The van der Waals surface area contributed by atoms with Gasteiger partial charge < -0.3 is 10.6 Å². The van der Waals surface area contributed by atoms with Crippen LogP contribution in [0.5, 0.6) is 0 Å². The Morgan fingerprint density at radius 3 is 2.60 bits per heavy atom. The maximum absolute atomic E-state index is 5.97. The molecule has 0 aliphatic heterocycles. The molecule has 0 heterocycles. The minimum Gasteiger partial charge on any atom is -0.358 e. The third-order valence-electron chi connectivity index (χ3n) is 2.79. The molecular formula is C15H14Cl2N2S. The van der Waals surface area contributed by atoms with Crippen molar-refractivity contribution in [2.24, 2.45) is 0 Å². The third kappa shape index (κ3) is 4.37. The Labute approximate surface area is 134 Å². The number of hydrogen-bond acceptors (Lipinski definition) is 1. The van der Waals surface area contributed by atoms with Gasteiger partial charge in [0.25, 0.3) is 0 Å². The second-order valence-electron chi connectivity index (χ2n) is 4.40. The molecular weight excluding hydrogens is 311 g/mol. The van der Waals surface area contributed by atoms with E-state index in [9.17, 15) is 0 Å². The number of aryl methyl sites for hydroxylation is 1. The maximum Gasteiger partial charge on any atom is 0.171 e. The number of halogens is 2. The van der Waals surface area contributed by atoms with E-state index < -0.39 is 0 Å². The van der Waals surface area contributed by atoms with Crippen LogP contribution in [0.4, 0.5) is 5.69 Å². The van der Waals surface area contributed by atoms with Gasteiger partial charge in [-0.2, -0.15) is 0 Å². The van der Waals surface area contributed by atoms with Crippen LogP contribution in [-0.4, -0.2) is 5.11 Å². The molecule has 0 unspecified atom stereocenters. The molecule has 0 spiro atoms. The van der Waals surface area contributed by atoms with Crippen molar-refractivity contribution in [2.45, 2.75) is 13.5 Å². The van der Waals surface area contributed by atoms with Crippen molar-refractivity contribution in [1.82, 2.24) is 5.32 Å². The number of thiocarbonyl (C=S) groups is 1. The summed E-state index contributed by atoms with van der Waals surface area (Å²) in [5.74, 6) is 0. The summed E-state index contributed by atoms with van der Waals surface area (Å²) in [6.45, 7) is 2.62. The third-order valence-corrected chi connectivity index (χ3v) is 3.51. The van der Waals surface area contributed by atoms with Crippen LogP contribution in [0.1, 0.15) is 11.1 Å². The van der Waals surface area contributed by atoms with Crippen molar-refractivity contribution < 1.29 is 0 Å². The highest BCUT2D eigenvalue weighted by atomic mass is 35.5. The minimum atomic E-state index is 0.551. The van der Waals surface area contributed by atoms with E-state index in [1.54, 1.807) is 0 Å². The van der Waals surface area contributed by atoms with E-state index in [0.29, 0.717) is 21.7 Å². The van der Waals surface area contributed by atoms with Crippen LogP contribution in [0.25, 0.3) is 0 Å². The summed E-state index contributed by atoms with van der Waals surface area (Å²) in [6, 6.07) is 13.3. The molecule has 20 heavy (non-hydrogen) atoms. The number of nitrogens with one attached hydrogen (secondary N) is 2. The van der Waals surface area contributed by atoms with E-state index in [2.05, 4.69) is 10.6 Å². The summed E-state index contributed by atoms with van der Waals surface area (Å²) in [6.07, 6.45) is 0. The lowest BCUT2D eigenvalue weighted by molar-refractivity contribution is 0.926. The lowest BCUT2D eigenvalue weighted by atomic mass is 10.2. The van der Waals surface area contributed by atoms with Gasteiger partial charge in [-0.3, -0.25) is 0 Å². The molecule has 0 aromatic heterocycles. The van der Waals surface area contributed by atoms with E-state index in [-0.39, 0.29) is 0 Å². The zero-order chi connectivity index (χ0) is 14.5. The average Bonchev–Trinajstić information content (AvgIpc) is 2.41. The smallest absolute Gasteiger partial charge is 0.171 e. The SMILES string of the molecule is Cc1ccc(Cl)cc1NC(=S)NCc1cccc(Cl)c1. The van der Waals surface area contributed by atoms with Crippen molar-refractivity contribution >= 4 is 46.2 Å². The largest absolute Gasteiger partial charge is 0.358 e. The van der Waals surface area contributed by atoms with Crippen molar-refractivity contribution in [3.63, 3.8) is 0 Å². The zero-order valence-electron chi connectivity index (χ0n) is 10.9. The summed E-state index contributed by atoms with van der Waals surface area (Å²) >= 11 is 17.2. The second-order valence-corrected chi connectivity index (χ2v) is 5.68. The predicted molar refractivity (Wildman–Crippen MR) is 90.7 cm³/mol. The van der Waals surface area contributed by atoms with Crippen molar-refractivity contribution in [3.05, 3.63) is 63.6 Å². The lowest BCUT2D eigenvalue weighted by Crippen LogP contribution is -2.28. The molecule has 2 N–H and O–H groups in total. The Morgan fingerprint density at radius 2 is 1.85 bits per heavy atom. The van der Waals surface area contributed by atoms with E-state index >= 15 is 0 Å². The monoisotopic (exact) mass is 324 g/mol. The molecule has 0 aliphatic carbocycles. The van der Waals surface area contributed by atoms with E-state index in [4.69, 9.17) is 35.4 Å². The molecule has 5 heteroatoms. The fraction of sp³-hybridized carbons (Fsp3) is 0.133. The Hall–Kier alpha value is -1.29. The molecule has 0 bridgehead atoms. The highest BCUT2D eigenvalue weighted by Crippen LogP contribution is 2.20. The molecule has 0 aliphatic rings. The number of anilines is 1. The highest BCUT2D eigenvalue weighted by molar-refractivity contribution is 7.80. The number of hydrogen-bond donors (Lipinski definition) is 2. The van der Waals surface area contributed by atoms with Crippen LogP contribution >= 0.6 is 35.4 Å². The molecule has 0 saturated carbocycles. The molecule has 2 rings (SSSR count). The summed E-state index contributed by atoms with van der Waals surface area (Å²) in [5.41, 5.74) is 3.06. The van der Waals surface area contributed by atoms with Gasteiger partial charge in [0.15, 0.2) is 5.11 Å². The first-order valence-electron chi connectivity index (χ1n) is 6.10. The van der Waals surface area contributed by atoms with E-state index in [1.807, 2.05) is 49.4 Å². The molecule has 2 aromatic carbocycles. The van der Waals surface area contributed by atoms with Gasteiger partial charge in [-0.1, -0.05) is 41.4 Å². The molecule has 0 amide bonds. The molecule has 0 radical (unpaired) electrons. The van der Waals surface area contributed by atoms with Crippen LogP contribution in [-0.2, 0) is 6.54 Å². The van der Waals surface area contributed by atoms with Gasteiger partial charge in [0, 0.05) is 22.3 Å². The first kappa shape index (κ1) is 15.1. The topological polar surface area (TPSA) is 24.1 Å². The first-order valence-corrected chi connectivity index (χ1v) is 7.26. The molecule has 2 aromatic rings. The summed E-state index contributed by atoms with van der Waals surface area (Å²) in [5, 5.41) is 8.22. The van der Waals surface area contributed by atoms with Gasteiger partial charge in [-0.25, -0.2) is 0 Å². The number of rotatable bonds is 3. The van der Waals surface area contributed by atoms with Gasteiger partial charge in [-0.15, -0.1) is 0 Å². The summed E-state index contributed by atoms with van der Waals surface area (Å²) in [4.78, 5) is 0. The quantitative estimate of drug-likeness (QED) is 0.794. The zero-order valence-corrected chi connectivity index (χ0v) is 13.2. The second kappa shape index (κ2) is 6.93. The van der Waals surface area contributed by atoms with Gasteiger partial charge in [0.1, 0.15) is 0 Å². The van der Waals surface area contributed by atoms with Crippen molar-refractivity contribution in [3.8, 4) is 0 Å². The highest BCUT2D eigenvalue weighted by Gasteiger charge is 2.02. The fourth-order valence-corrected chi connectivity index (χ4v) is 2.29. The standard InChI is InChI=1S/C15H14Cl2N2S/c1-10-5-6-13(17)8-14(10)19-15(20)18-9-11-3-2-4-12(16)7-11/h2-8H,9H2,1H3,(H2,18,19,20). The van der Waals surface area contributed by atoms with Gasteiger partial charge in [0.2, 0.25) is 0 Å². The van der Waals surface area contributed by atoms with Crippen LogP contribution in [0, 0.1) is 6.92 Å². The number of benzene rings is 2. The summed E-state index contributed by atoms with van der Waals surface area (Å²) in [7, 11) is 0. The van der Waals surface area contributed by atoms with Crippen LogP contribution < -0.4 is 10.6 Å². The molecule has 104 valence electrons. The molecule has 0 atom stereocenters. The fourth-order valence-electron chi connectivity index (χ4n) is 1.72. The normalized spacial score (nSPS) is 10.2. The first-order chi connectivity index (χ1) is 9.54.